The summed E-state index contributed by atoms with van der Waals surface area (Å²) in [5.74, 6) is 4.44. The first-order chi connectivity index (χ1) is 67.4. The number of nitrogens with two attached hydrogens (primary N) is 4. The van der Waals surface area contributed by atoms with Crippen LogP contribution in [0.3, 0.4) is 0 Å². The molecule has 0 radical (unpaired) electrons. The van der Waals surface area contributed by atoms with E-state index >= 15 is 0 Å². The first kappa shape index (κ1) is 92.9. The number of amides is 4. The molecule has 20 rings (SSSR count). The molecule has 16 aromatic rings. The molecular weight excluding hydrogens is 1780 g/mol. The second kappa shape index (κ2) is 40.9. The number of piperidine rings is 4. The number of nitrogen functional groups attached to an aromatic ring is 4. The number of ether oxygens (including phenoxy) is 4. The lowest BCUT2D eigenvalue weighted by Gasteiger charge is -2.32. The van der Waals surface area contributed by atoms with Gasteiger partial charge in [-0.25, -0.2) is 35.3 Å². The molecule has 4 atom stereocenters. The van der Waals surface area contributed by atoms with E-state index in [1.165, 1.54) is 24.3 Å². The number of aromatic amines is 4. The fourth-order valence-corrected chi connectivity index (χ4v) is 17.4. The zero-order chi connectivity index (χ0) is 97.2. The molecule has 41 nitrogen and oxygen atoms in total. The standard InChI is InChI=1S/2C25H25N7O3.C24H24N8O3.C24H23N7O3/c1-3-20(33)31-12-4-5-17(14-31)32-23-21(24(26)28-29-25(23)34)22(30-32)16-7-9-18(10-8-16)35-19-11-6-15(2)13-27-19;1-3-20(33)31-12-4-5-17(14-31)32-23-21(24(26)28-29-25(23)34)22(30-32)16-6-8-18(9-7-16)35-19-13-15(2)10-11-27-19;1-3-19(33)31-12-4-5-16(13-31)32-22-20(23(25)28-29-24(22)34)21(30-32)15-7-9-17(10-8-15)35-18-11-6-14(2)26-27-18;1-2-19(32)30-13-5-6-16(14-30)31-22-20(23(25)27-28-24(22)33)21(29-31)15-8-10-17(11-9-15)34-18-7-3-4-12-26-18/h2*3,6-11,13,17H,1,4-5,12,14H2,2H3,(H2,26,28)(H,29,34);3,6-11,16H,1,4-5,12-13H2,2H3,(H2,25,28)(H,29,34);2-4,7-12,16H,1,5-6,13-14H2,(H2,25,27)(H,28,33)/t2*17-;2*16-/m1111/s1. The summed E-state index contributed by atoms with van der Waals surface area (Å²) in [7, 11) is 0. The summed E-state index contributed by atoms with van der Waals surface area (Å²) >= 11 is 0. The van der Waals surface area contributed by atoms with E-state index in [-0.39, 0.29) is 87.7 Å². The molecule has 4 amide bonds. The number of likely N-dealkylation sites (tertiary alicyclic amines) is 4. The van der Waals surface area contributed by atoms with Crippen molar-refractivity contribution in [1.82, 2.24) is 125 Å². The van der Waals surface area contributed by atoms with E-state index in [9.17, 15) is 38.4 Å². The second-order valence-electron chi connectivity index (χ2n) is 33.5. The van der Waals surface area contributed by atoms with Crippen LogP contribution in [0.2, 0.25) is 0 Å². The summed E-state index contributed by atoms with van der Waals surface area (Å²) < 4.78 is 29.9. The number of anilines is 4. The number of hydrogen-bond donors (Lipinski definition) is 8. The van der Waals surface area contributed by atoms with Crippen LogP contribution >= 0.6 is 0 Å². The minimum absolute atomic E-state index is 0.139. The van der Waals surface area contributed by atoms with Gasteiger partial charge in [-0.3, -0.25) is 57.1 Å². The lowest BCUT2D eigenvalue weighted by molar-refractivity contribution is -0.128. The summed E-state index contributed by atoms with van der Waals surface area (Å²) in [6, 6.07) is 44.9. The van der Waals surface area contributed by atoms with E-state index in [1.54, 1.807) is 93.3 Å². The van der Waals surface area contributed by atoms with E-state index in [0.717, 1.165) is 90.4 Å². The molecule has 139 heavy (non-hydrogen) atoms. The number of aromatic nitrogens is 21. The van der Waals surface area contributed by atoms with Crippen LogP contribution in [0.5, 0.6) is 46.5 Å². The number of pyridine rings is 3. The average molecular weight is 1870 g/mol. The number of carbonyl (C=O) groups excluding carboxylic acids is 4. The Bertz CT molecular complexity index is 7360. The normalized spacial score (nSPS) is 15.8. The van der Waals surface area contributed by atoms with Crippen LogP contribution in [0, 0.1) is 20.8 Å². The molecule has 4 aromatic carbocycles. The number of nitrogens with zero attached hydrogens (tertiary/aromatic N) is 21. The number of fused-ring (bicyclic) bond motifs is 4. The van der Waals surface area contributed by atoms with Crippen LogP contribution in [0.25, 0.3) is 88.6 Å². The third-order valence-electron chi connectivity index (χ3n) is 24.1. The first-order valence-electron chi connectivity index (χ1n) is 44.8. The van der Waals surface area contributed by atoms with Gasteiger partial charge in [-0.2, -0.15) is 45.9 Å². The van der Waals surface area contributed by atoms with Crippen LogP contribution in [0.15, 0.2) is 240 Å². The van der Waals surface area contributed by atoms with Gasteiger partial charge in [0.25, 0.3) is 22.2 Å². The SMILES string of the molecule is C=CC(=O)N1CCC[C@@H](n2nc(-c3ccc(Oc4cc(C)ccn4)cc3)c3c(N)n[nH]c(=O)c32)C1.C=CC(=O)N1CCC[C@@H](n2nc(-c3ccc(Oc4ccc(C)cn4)cc3)c3c(N)n[nH]c(=O)c32)C1.C=CC(=O)N1CCC[C@@H](n2nc(-c3ccc(Oc4ccc(C)nn4)cc3)c3c(N)n[nH]c(=O)c32)C1.C=CC(=O)N1CCC[C@@H](n2nc(-c3ccc(Oc4ccccn4)cc3)c3c(N)n[nH]c(=O)c32)C1. The van der Waals surface area contributed by atoms with Gasteiger partial charge in [-0.1, -0.05) is 38.4 Å². The quantitative estimate of drug-likeness (QED) is 0.0329. The third-order valence-corrected chi connectivity index (χ3v) is 24.1. The van der Waals surface area contributed by atoms with E-state index in [4.69, 9.17) is 62.3 Å². The van der Waals surface area contributed by atoms with Crippen molar-refractivity contribution in [3.05, 3.63) is 279 Å². The summed E-state index contributed by atoms with van der Waals surface area (Å²) in [6.07, 6.45) is 16.6. The van der Waals surface area contributed by atoms with Gasteiger partial charge in [0.1, 0.15) is 67.8 Å². The molecule has 4 aliphatic heterocycles. The Morgan fingerprint density at radius 1 is 0.353 bits per heavy atom. The average Bonchev–Trinajstić information content (AvgIpc) is 1.61. The maximum absolute atomic E-state index is 12.8. The number of hydrogen-bond acceptors (Lipinski definition) is 29. The van der Waals surface area contributed by atoms with Crippen molar-refractivity contribution >= 4 is 90.5 Å². The van der Waals surface area contributed by atoms with Gasteiger partial charge >= 0.3 is 0 Å². The van der Waals surface area contributed by atoms with Crippen LogP contribution in [0.1, 0.15) is 92.4 Å². The minimum atomic E-state index is -0.391. The van der Waals surface area contributed by atoms with Crippen LogP contribution in [0.4, 0.5) is 23.3 Å². The third kappa shape index (κ3) is 20.2. The second-order valence-corrected chi connectivity index (χ2v) is 33.5. The van der Waals surface area contributed by atoms with Gasteiger partial charge < -0.3 is 61.5 Å². The van der Waals surface area contributed by atoms with Gasteiger partial charge in [0.2, 0.25) is 47.1 Å². The molecule has 4 fully saturated rings. The number of aryl methyl sites for hydroxylation is 3. The number of H-pyrrole nitrogens is 4. The van der Waals surface area contributed by atoms with Crippen molar-refractivity contribution in [1.29, 1.82) is 0 Å². The van der Waals surface area contributed by atoms with E-state index in [2.05, 4.69) is 92.3 Å². The van der Waals surface area contributed by atoms with Crippen LogP contribution in [-0.4, -0.2) is 201 Å². The lowest BCUT2D eigenvalue weighted by Crippen LogP contribution is -2.40. The topological polar surface area (TPSA) is 541 Å². The summed E-state index contributed by atoms with van der Waals surface area (Å²) in [6.45, 7) is 24.4. The molecule has 0 unspecified atom stereocenters. The Balaban J connectivity index is 0.000000128. The molecule has 0 saturated carbocycles. The monoisotopic (exact) mass is 1870 g/mol. The van der Waals surface area contributed by atoms with Crippen molar-refractivity contribution in [2.24, 2.45) is 0 Å². The Kier molecular flexibility index (Phi) is 27.3. The Labute approximate surface area is 791 Å². The number of nitrogens with one attached hydrogen (secondary N) is 4. The van der Waals surface area contributed by atoms with Crippen LogP contribution in [-0.2, 0) is 19.2 Å². The van der Waals surface area contributed by atoms with Gasteiger partial charge in [0.05, 0.1) is 51.4 Å². The van der Waals surface area contributed by atoms with E-state index in [0.29, 0.717) is 165 Å². The van der Waals surface area contributed by atoms with Gasteiger partial charge in [-0.05, 0) is 223 Å². The minimum Gasteiger partial charge on any atom is -0.439 e. The number of carbonyl (C=O) groups is 4. The van der Waals surface area contributed by atoms with Gasteiger partial charge in [-0.15, -0.1) is 5.10 Å². The highest BCUT2D eigenvalue weighted by Crippen LogP contribution is 2.41. The molecule has 41 heteroatoms. The maximum Gasteiger partial charge on any atom is 0.290 e. The summed E-state index contributed by atoms with van der Waals surface area (Å²) in [4.78, 5) is 120. The largest absolute Gasteiger partial charge is 0.439 e. The maximum atomic E-state index is 12.8. The van der Waals surface area contributed by atoms with Crippen molar-refractivity contribution in [3.8, 4) is 91.5 Å². The fraction of sp³-hybridized carbons (Fsp3) is 0.235. The number of benzene rings is 4. The zero-order valence-electron chi connectivity index (χ0n) is 76.0. The lowest BCUT2D eigenvalue weighted by atomic mass is 10.1. The molecule has 4 aliphatic rings. The Morgan fingerprint density at radius 3 is 0.950 bits per heavy atom. The molecule has 4 saturated heterocycles. The molecule has 0 bridgehead atoms. The Hall–Kier alpha value is -17.9. The highest BCUT2D eigenvalue weighted by Gasteiger charge is 2.35. The fourth-order valence-electron chi connectivity index (χ4n) is 17.4. The Morgan fingerprint density at radius 2 is 0.662 bits per heavy atom. The van der Waals surface area contributed by atoms with E-state index in [1.807, 2.05) is 136 Å². The highest BCUT2D eigenvalue weighted by molar-refractivity contribution is 6.03. The molecule has 16 heterocycles. The molecule has 0 aliphatic carbocycles. The summed E-state index contributed by atoms with van der Waals surface area (Å²) in [5, 5.41) is 54.8. The highest BCUT2D eigenvalue weighted by atomic mass is 16.5. The predicted molar refractivity (Wildman–Crippen MR) is 521 cm³/mol. The van der Waals surface area contributed by atoms with Gasteiger partial charge in [0, 0.05) is 117 Å². The molecule has 12 aromatic heterocycles. The molecule has 706 valence electrons. The first-order valence-corrected chi connectivity index (χ1v) is 44.8. The van der Waals surface area contributed by atoms with Crippen molar-refractivity contribution in [2.75, 3.05) is 75.3 Å². The predicted octanol–water partition coefficient (Wildman–Crippen LogP) is 11.9. The van der Waals surface area contributed by atoms with Crippen molar-refractivity contribution in [2.45, 2.75) is 96.3 Å². The molecule has 0 spiro atoms. The van der Waals surface area contributed by atoms with Crippen LogP contribution < -0.4 is 64.1 Å². The smallest absolute Gasteiger partial charge is 0.290 e. The van der Waals surface area contributed by atoms with Gasteiger partial charge in [0.15, 0.2) is 23.3 Å². The van der Waals surface area contributed by atoms with E-state index < -0.39 is 5.56 Å². The zero-order valence-corrected chi connectivity index (χ0v) is 76.0. The molecular formula is C98H97N29O12. The molecule has 12 N–H and O–H groups in total. The van der Waals surface area contributed by atoms with Crippen molar-refractivity contribution in [3.63, 3.8) is 0 Å². The van der Waals surface area contributed by atoms with Crippen molar-refractivity contribution < 1.29 is 38.1 Å². The summed E-state index contributed by atoms with van der Waals surface area (Å²) in [5.41, 5.74) is 32.7. The number of rotatable bonds is 20.